The topological polar surface area (TPSA) is 36.8 Å². The molecule has 1 aliphatic heterocycles. The lowest BCUT2D eigenvalue weighted by Gasteiger charge is -2.15. The van der Waals surface area contributed by atoms with Crippen LogP contribution >= 0.6 is 35.0 Å². The van der Waals surface area contributed by atoms with Crippen molar-refractivity contribution in [2.24, 2.45) is 10.1 Å². The quantitative estimate of drug-likeness (QED) is 0.846. The van der Waals surface area contributed by atoms with E-state index in [1.54, 1.807) is 17.8 Å². The largest absolute Gasteiger partial charge is 0.261 e. The summed E-state index contributed by atoms with van der Waals surface area (Å²) in [5, 5.41) is 6.47. The fraction of sp³-hybridized carbons (Fsp3) is 0.385. The van der Waals surface area contributed by atoms with Crippen molar-refractivity contribution in [2.75, 3.05) is 12.3 Å². The average Bonchev–Trinajstić information content (AvgIpc) is 2.40. The standard InChI is InChI=1S/C13H15Cl2N3S/c1-2-3-6-16-13-18-17-12(8-19-13)10-5-4-9(14)7-11(10)15/h4-5,7H,2-3,6,8H2,1H3,(H,16,18). The lowest BCUT2D eigenvalue weighted by atomic mass is 10.1. The zero-order valence-corrected chi connectivity index (χ0v) is 12.9. The Kier molecular flexibility index (Phi) is 5.55. The molecule has 0 radical (unpaired) electrons. The van der Waals surface area contributed by atoms with Crippen LogP contribution in [0.1, 0.15) is 25.3 Å². The van der Waals surface area contributed by atoms with E-state index in [0.717, 1.165) is 41.6 Å². The number of amidine groups is 1. The van der Waals surface area contributed by atoms with E-state index in [9.17, 15) is 0 Å². The number of thioether (sulfide) groups is 1. The second-order valence-corrected chi connectivity index (χ2v) is 5.93. The average molecular weight is 316 g/mol. The van der Waals surface area contributed by atoms with Crippen molar-refractivity contribution in [1.82, 2.24) is 5.43 Å². The minimum atomic E-state index is 0.625. The number of hydrogen-bond acceptors (Lipinski definition) is 3. The van der Waals surface area contributed by atoms with E-state index in [-0.39, 0.29) is 0 Å². The van der Waals surface area contributed by atoms with Crippen LogP contribution in [0, 0.1) is 0 Å². The van der Waals surface area contributed by atoms with Gasteiger partial charge in [0.25, 0.3) is 0 Å². The number of hydrogen-bond donors (Lipinski definition) is 1. The van der Waals surface area contributed by atoms with E-state index < -0.39 is 0 Å². The van der Waals surface area contributed by atoms with E-state index in [2.05, 4.69) is 22.4 Å². The third-order valence-electron chi connectivity index (χ3n) is 2.64. The molecule has 0 fully saturated rings. The fourth-order valence-corrected chi connectivity index (χ4v) is 2.90. The summed E-state index contributed by atoms with van der Waals surface area (Å²) >= 11 is 13.7. The van der Waals surface area contributed by atoms with Crippen LogP contribution in [-0.2, 0) is 0 Å². The van der Waals surface area contributed by atoms with Crippen molar-refractivity contribution in [3.8, 4) is 0 Å². The first-order chi connectivity index (χ1) is 9.20. The lowest BCUT2D eigenvalue weighted by Crippen LogP contribution is -2.25. The molecular weight excluding hydrogens is 301 g/mol. The number of nitrogens with zero attached hydrogens (tertiary/aromatic N) is 2. The van der Waals surface area contributed by atoms with Crippen molar-refractivity contribution in [3.63, 3.8) is 0 Å². The molecule has 6 heteroatoms. The second kappa shape index (κ2) is 7.17. The number of halogens is 2. The number of nitrogens with one attached hydrogen (secondary N) is 1. The summed E-state index contributed by atoms with van der Waals surface area (Å²) in [6, 6.07) is 5.45. The molecule has 0 bridgehead atoms. The molecule has 3 nitrogen and oxygen atoms in total. The van der Waals surface area contributed by atoms with Crippen molar-refractivity contribution in [2.45, 2.75) is 19.8 Å². The highest BCUT2D eigenvalue weighted by molar-refractivity contribution is 8.14. The second-order valence-electron chi connectivity index (χ2n) is 4.12. The van der Waals surface area contributed by atoms with Gasteiger partial charge in [0.15, 0.2) is 5.17 Å². The van der Waals surface area contributed by atoms with E-state index in [1.807, 2.05) is 12.1 Å². The number of benzene rings is 1. The van der Waals surface area contributed by atoms with Crippen molar-refractivity contribution >= 4 is 45.8 Å². The Hall–Kier alpha value is -0.710. The molecule has 1 N–H and O–H groups in total. The van der Waals surface area contributed by atoms with Crippen LogP contribution in [0.3, 0.4) is 0 Å². The molecule has 0 atom stereocenters. The summed E-state index contributed by atoms with van der Waals surface area (Å²) in [5.41, 5.74) is 4.81. The maximum Gasteiger partial charge on any atom is 0.177 e. The first kappa shape index (κ1) is 14.7. The molecule has 0 amide bonds. The van der Waals surface area contributed by atoms with Gasteiger partial charge in [-0.15, -0.1) is 0 Å². The van der Waals surface area contributed by atoms with E-state index in [4.69, 9.17) is 23.2 Å². The number of aliphatic imine (C=N–C) groups is 1. The molecule has 0 saturated carbocycles. The maximum absolute atomic E-state index is 6.17. The van der Waals surface area contributed by atoms with Crippen LogP contribution in [-0.4, -0.2) is 23.2 Å². The van der Waals surface area contributed by atoms with Crippen LogP contribution in [0.25, 0.3) is 0 Å². The van der Waals surface area contributed by atoms with Crippen LogP contribution < -0.4 is 5.43 Å². The summed E-state index contributed by atoms with van der Waals surface area (Å²) in [7, 11) is 0. The highest BCUT2D eigenvalue weighted by atomic mass is 35.5. The van der Waals surface area contributed by atoms with Gasteiger partial charge in [-0.3, -0.25) is 10.4 Å². The van der Waals surface area contributed by atoms with Crippen LogP contribution in [0.5, 0.6) is 0 Å². The summed E-state index contributed by atoms with van der Waals surface area (Å²) in [6.07, 6.45) is 2.25. The monoisotopic (exact) mass is 315 g/mol. The Morgan fingerprint density at radius 3 is 2.89 bits per heavy atom. The first-order valence-electron chi connectivity index (χ1n) is 6.16. The van der Waals surface area contributed by atoms with Crippen LogP contribution in [0.2, 0.25) is 10.0 Å². The van der Waals surface area contributed by atoms with Gasteiger partial charge in [0, 0.05) is 22.9 Å². The third kappa shape index (κ3) is 4.13. The molecular formula is C13H15Cl2N3S. The number of rotatable bonds is 4. The summed E-state index contributed by atoms with van der Waals surface area (Å²) in [5.74, 6) is 0.763. The zero-order valence-electron chi connectivity index (χ0n) is 10.6. The van der Waals surface area contributed by atoms with Gasteiger partial charge in [0.2, 0.25) is 0 Å². The molecule has 0 saturated heterocycles. The summed E-state index contributed by atoms with van der Waals surface area (Å²) in [6.45, 7) is 3.00. The minimum absolute atomic E-state index is 0.625. The van der Waals surface area contributed by atoms with Gasteiger partial charge in [0.05, 0.1) is 10.7 Å². The van der Waals surface area contributed by atoms with E-state index in [0.29, 0.717) is 10.0 Å². The molecule has 19 heavy (non-hydrogen) atoms. The Morgan fingerprint density at radius 1 is 1.42 bits per heavy atom. The normalized spacial score (nSPS) is 17.2. The maximum atomic E-state index is 6.17. The first-order valence-corrected chi connectivity index (χ1v) is 7.90. The van der Waals surface area contributed by atoms with E-state index in [1.165, 1.54) is 0 Å². The Labute approximate surface area is 127 Å². The Bertz CT molecular complexity index is 515. The minimum Gasteiger partial charge on any atom is -0.261 e. The molecule has 1 aromatic rings. The van der Waals surface area contributed by atoms with Gasteiger partial charge < -0.3 is 0 Å². The number of unbranched alkanes of at least 4 members (excludes halogenated alkanes) is 1. The predicted molar refractivity (Wildman–Crippen MR) is 85.8 cm³/mol. The van der Waals surface area contributed by atoms with Crippen molar-refractivity contribution in [3.05, 3.63) is 33.8 Å². The predicted octanol–water partition coefficient (Wildman–Crippen LogP) is 4.19. The molecule has 2 rings (SSSR count). The van der Waals surface area contributed by atoms with Gasteiger partial charge in [0.1, 0.15) is 0 Å². The van der Waals surface area contributed by atoms with Gasteiger partial charge in [-0.2, -0.15) is 5.10 Å². The van der Waals surface area contributed by atoms with Crippen LogP contribution in [0.15, 0.2) is 28.3 Å². The fourth-order valence-electron chi connectivity index (χ4n) is 1.60. The van der Waals surface area contributed by atoms with E-state index >= 15 is 0 Å². The zero-order chi connectivity index (χ0) is 13.7. The molecule has 1 heterocycles. The highest BCUT2D eigenvalue weighted by Crippen LogP contribution is 2.24. The Morgan fingerprint density at radius 2 is 2.26 bits per heavy atom. The molecule has 0 spiro atoms. The summed E-state index contributed by atoms with van der Waals surface area (Å²) in [4.78, 5) is 4.44. The lowest BCUT2D eigenvalue weighted by molar-refractivity contribution is 0.804. The molecule has 0 unspecified atom stereocenters. The van der Waals surface area contributed by atoms with Gasteiger partial charge in [-0.1, -0.05) is 54.4 Å². The molecule has 1 aromatic carbocycles. The summed E-state index contributed by atoms with van der Waals surface area (Å²) < 4.78 is 0. The SMILES string of the molecule is CCCCN=C1NN=C(c2ccc(Cl)cc2Cl)CS1. The highest BCUT2D eigenvalue weighted by Gasteiger charge is 2.15. The molecule has 0 aromatic heterocycles. The third-order valence-corrected chi connectivity index (χ3v) is 4.10. The van der Waals surface area contributed by atoms with Gasteiger partial charge in [-0.25, -0.2) is 0 Å². The van der Waals surface area contributed by atoms with Crippen molar-refractivity contribution < 1.29 is 0 Å². The molecule has 1 aliphatic rings. The number of hydrazone groups is 1. The molecule has 102 valence electrons. The molecule has 0 aliphatic carbocycles. The van der Waals surface area contributed by atoms with Gasteiger partial charge in [-0.05, 0) is 18.6 Å². The van der Waals surface area contributed by atoms with Crippen molar-refractivity contribution in [1.29, 1.82) is 0 Å². The smallest absolute Gasteiger partial charge is 0.177 e. The van der Waals surface area contributed by atoms with Crippen LogP contribution in [0.4, 0.5) is 0 Å². The van der Waals surface area contributed by atoms with Gasteiger partial charge >= 0.3 is 0 Å². The Balaban J connectivity index is 2.06.